The highest BCUT2D eigenvalue weighted by Gasteiger charge is 1.98. The first-order chi connectivity index (χ1) is 7.24. The van der Waals surface area contributed by atoms with E-state index >= 15 is 0 Å². The zero-order valence-corrected chi connectivity index (χ0v) is 10.7. The number of nitrogens with zero attached hydrogens (tertiary/aromatic N) is 1. The predicted octanol–water partition coefficient (Wildman–Crippen LogP) is 3.83. The Hall–Kier alpha value is -0.870. The van der Waals surface area contributed by atoms with Crippen molar-refractivity contribution in [2.24, 2.45) is 0 Å². The lowest BCUT2D eigenvalue weighted by molar-refractivity contribution is 1.07. The molecular weight excluding hydrogens is 272 g/mol. The Morgan fingerprint density at radius 3 is 2.93 bits per heavy atom. The summed E-state index contributed by atoms with van der Waals surface area (Å²) in [4.78, 5) is 4.22. The summed E-state index contributed by atoms with van der Waals surface area (Å²) in [5.74, 6) is 0. The van der Waals surface area contributed by atoms with Gasteiger partial charge < -0.3 is 5.32 Å². The molecule has 1 heterocycles. The Morgan fingerprint density at radius 2 is 2.27 bits per heavy atom. The highest BCUT2D eigenvalue weighted by atomic mass is 79.9. The van der Waals surface area contributed by atoms with Gasteiger partial charge in [-0.25, -0.2) is 4.98 Å². The maximum Gasteiger partial charge on any atom is 0.0795 e. The van der Waals surface area contributed by atoms with Gasteiger partial charge in [0.15, 0.2) is 0 Å². The Kier molecular flexibility index (Phi) is 3.38. The molecule has 0 spiro atoms. The van der Waals surface area contributed by atoms with Crippen LogP contribution in [0.1, 0.15) is 11.3 Å². The molecule has 1 N–H and O–H groups in total. The van der Waals surface area contributed by atoms with E-state index in [2.05, 4.69) is 56.7 Å². The zero-order chi connectivity index (χ0) is 10.7. The van der Waals surface area contributed by atoms with E-state index in [0.29, 0.717) is 0 Å². The first-order valence-electron chi connectivity index (χ1n) is 4.62. The van der Waals surface area contributed by atoms with Crippen LogP contribution in [0, 0.1) is 6.92 Å². The second kappa shape index (κ2) is 4.77. The molecule has 1 aromatic carbocycles. The van der Waals surface area contributed by atoms with Crippen molar-refractivity contribution >= 4 is 33.0 Å². The highest BCUT2D eigenvalue weighted by Crippen LogP contribution is 2.19. The molecule has 0 unspecified atom stereocenters. The number of hydrogen-bond donors (Lipinski definition) is 1. The first-order valence-corrected chi connectivity index (χ1v) is 6.36. The summed E-state index contributed by atoms with van der Waals surface area (Å²) in [6.45, 7) is 2.86. The number of nitrogens with one attached hydrogen (secondary N) is 1. The molecule has 2 aromatic rings. The molecule has 0 aliphatic rings. The van der Waals surface area contributed by atoms with Gasteiger partial charge >= 0.3 is 0 Å². The van der Waals surface area contributed by atoms with Crippen LogP contribution in [0.2, 0.25) is 0 Å². The van der Waals surface area contributed by atoms with E-state index < -0.39 is 0 Å². The minimum Gasteiger partial charge on any atom is -0.379 e. The quantitative estimate of drug-likeness (QED) is 0.926. The van der Waals surface area contributed by atoms with E-state index in [-0.39, 0.29) is 0 Å². The number of halogens is 1. The normalized spacial score (nSPS) is 10.3. The van der Waals surface area contributed by atoms with Crippen LogP contribution in [0.25, 0.3) is 0 Å². The number of benzene rings is 1. The van der Waals surface area contributed by atoms with Crippen LogP contribution < -0.4 is 5.32 Å². The lowest BCUT2D eigenvalue weighted by Crippen LogP contribution is -1.99. The standard InChI is InChI=1S/C11H11BrN2S/c1-8-2-9(12)4-10(3-8)13-5-11-6-15-7-14-11/h2-4,6-7,13H,5H2,1H3. The van der Waals surface area contributed by atoms with Crippen molar-refractivity contribution in [1.29, 1.82) is 0 Å². The number of hydrogen-bond acceptors (Lipinski definition) is 3. The van der Waals surface area contributed by atoms with Gasteiger partial charge in [0.05, 0.1) is 17.7 Å². The van der Waals surface area contributed by atoms with Gasteiger partial charge in [0.2, 0.25) is 0 Å². The molecule has 2 rings (SSSR count). The van der Waals surface area contributed by atoms with Crippen LogP contribution in [-0.4, -0.2) is 4.98 Å². The molecule has 0 aliphatic carbocycles. The summed E-state index contributed by atoms with van der Waals surface area (Å²) >= 11 is 5.10. The highest BCUT2D eigenvalue weighted by molar-refractivity contribution is 9.10. The third-order valence-electron chi connectivity index (χ3n) is 2.00. The molecule has 0 amide bonds. The predicted molar refractivity (Wildman–Crippen MR) is 68.3 cm³/mol. The molecule has 0 radical (unpaired) electrons. The Balaban J connectivity index is 2.05. The fourth-order valence-corrected chi connectivity index (χ4v) is 2.52. The molecule has 0 bridgehead atoms. The third-order valence-corrected chi connectivity index (χ3v) is 3.09. The number of aromatic nitrogens is 1. The average Bonchev–Trinajstić information content (AvgIpc) is 2.65. The number of aryl methyl sites for hydroxylation is 1. The van der Waals surface area contributed by atoms with E-state index in [0.717, 1.165) is 22.4 Å². The molecule has 1 aromatic heterocycles. The SMILES string of the molecule is Cc1cc(Br)cc(NCc2cscn2)c1. The van der Waals surface area contributed by atoms with Gasteiger partial charge in [-0.05, 0) is 30.7 Å². The van der Waals surface area contributed by atoms with Crippen molar-refractivity contribution in [2.75, 3.05) is 5.32 Å². The molecule has 4 heteroatoms. The zero-order valence-electron chi connectivity index (χ0n) is 8.33. The summed E-state index contributed by atoms with van der Waals surface area (Å²) in [6.07, 6.45) is 0. The summed E-state index contributed by atoms with van der Waals surface area (Å²) in [5.41, 5.74) is 5.29. The number of anilines is 1. The van der Waals surface area contributed by atoms with Crippen LogP contribution in [0.4, 0.5) is 5.69 Å². The summed E-state index contributed by atoms with van der Waals surface area (Å²) in [6, 6.07) is 6.28. The summed E-state index contributed by atoms with van der Waals surface area (Å²) in [5, 5.41) is 5.40. The smallest absolute Gasteiger partial charge is 0.0795 e. The van der Waals surface area contributed by atoms with Gasteiger partial charge in [-0.3, -0.25) is 0 Å². The van der Waals surface area contributed by atoms with E-state index in [1.54, 1.807) is 11.3 Å². The van der Waals surface area contributed by atoms with Crippen LogP contribution in [-0.2, 0) is 6.54 Å². The molecule has 2 nitrogen and oxygen atoms in total. The van der Waals surface area contributed by atoms with Gasteiger partial charge in [0.1, 0.15) is 0 Å². The van der Waals surface area contributed by atoms with Crippen molar-refractivity contribution in [1.82, 2.24) is 4.98 Å². The molecule has 78 valence electrons. The monoisotopic (exact) mass is 282 g/mol. The van der Waals surface area contributed by atoms with Crippen LogP contribution in [0.15, 0.2) is 33.6 Å². The van der Waals surface area contributed by atoms with E-state index in [1.165, 1.54) is 5.56 Å². The van der Waals surface area contributed by atoms with Crippen LogP contribution in [0.3, 0.4) is 0 Å². The van der Waals surface area contributed by atoms with Crippen LogP contribution in [0.5, 0.6) is 0 Å². The minimum atomic E-state index is 0.777. The van der Waals surface area contributed by atoms with Gasteiger partial charge in [-0.15, -0.1) is 11.3 Å². The Morgan fingerprint density at radius 1 is 1.40 bits per heavy atom. The van der Waals surface area contributed by atoms with E-state index in [4.69, 9.17) is 0 Å². The molecule has 0 atom stereocenters. The molecule has 0 saturated heterocycles. The molecule has 15 heavy (non-hydrogen) atoms. The Labute approximate surface area is 101 Å². The lowest BCUT2D eigenvalue weighted by atomic mass is 10.2. The van der Waals surface area contributed by atoms with Crippen LogP contribution >= 0.6 is 27.3 Å². The molecular formula is C11H11BrN2S. The second-order valence-electron chi connectivity index (χ2n) is 3.35. The number of thiazole rings is 1. The Bertz CT molecular complexity index is 420. The molecule has 0 saturated carbocycles. The van der Waals surface area contributed by atoms with E-state index in [1.807, 2.05) is 5.51 Å². The maximum absolute atomic E-state index is 4.22. The fraction of sp³-hybridized carbons (Fsp3) is 0.182. The molecule has 0 aliphatic heterocycles. The number of rotatable bonds is 3. The van der Waals surface area contributed by atoms with Crippen molar-refractivity contribution in [3.8, 4) is 0 Å². The van der Waals surface area contributed by atoms with E-state index in [9.17, 15) is 0 Å². The fourth-order valence-electron chi connectivity index (χ4n) is 1.36. The maximum atomic E-state index is 4.22. The first kappa shape index (κ1) is 10.6. The topological polar surface area (TPSA) is 24.9 Å². The van der Waals surface area contributed by atoms with Gasteiger partial charge in [0, 0.05) is 15.5 Å². The van der Waals surface area contributed by atoms with Gasteiger partial charge in [-0.2, -0.15) is 0 Å². The van der Waals surface area contributed by atoms with Crippen molar-refractivity contribution in [2.45, 2.75) is 13.5 Å². The lowest BCUT2D eigenvalue weighted by Gasteiger charge is -2.06. The van der Waals surface area contributed by atoms with Gasteiger partial charge in [0.25, 0.3) is 0 Å². The summed E-state index contributed by atoms with van der Waals surface area (Å²) < 4.78 is 1.10. The largest absolute Gasteiger partial charge is 0.379 e. The molecule has 0 fully saturated rings. The summed E-state index contributed by atoms with van der Waals surface area (Å²) in [7, 11) is 0. The second-order valence-corrected chi connectivity index (χ2v) is 4.98. The van der Waals surface area contributed by atoms with Crippen molar-refractivity contribution in [3.05, 3.63) is 44.8 Å². The third kappa shape index (κ3) is 3.04. The van der Waals surface area contributed by atoms with Gasteiger partial charge in [-0.1, -0.05) is 15.9 Å². The average molecular weight is 283 g/mol. The minimum absolute atomic E-state index is 0.777. The van der Waals surface area contributed by atoms with Crippen molar-refractivity contribution in [3.63, 3.8) is 0 Å². The van der Waals surface area contributed by atoms with Crippen molar-refractivity contribution < 1.29 is 0 Å².